The van der Waals surface area contributed by atoms with E-state index in [-0.39, 0.29) is 11.5 Å². The van der Waals surface area contributed by atoms with Gasteiger partial charge in [-0.25, -0.2) is 4.79 Å². The first kappa shape index (κ1) is 13.4. The molecule has 0 aliphatic carbocycles. The summed E-state index contributed by atoms with van der Waals surface area (Å²) < 4.78 is 5.52. The Balaban J connectivity index is 2.01. The first-order valence-corrected chi connectivity index (χ1v) is 6.37. The molecule has 0 bridgehead atoms. The fraction of sp³-hybridized carbons (Fsp3) is 0.429. The number of aromatic carboxylic acids is 1. The number of hydrogen-bond acceptors (Lipinski definition) is 3. The second-order valence-corrected chi connectivity index (χ2v) is 4.63. The van der Waals surface area contributed by atoms with Crippen molar-refractivity contribution >= 4 is 11.9 Å². The van der Waals surface area contributed by atoms with Gasteiger partial charge < -0.3 is 14.7 Å². The maximum atomic E-state index is 12.1. The molecule has 1 aromatic carbocycles. The maximum Gasteiger partial charge on any atom is 0.335 e. The molecule has 0 saturated carbocycles. The van der Waals surface area contributed by atoms with Gasteiger partial charge in [-0.1, -0.05) is 6.07 Å². The number of nitrogens with zero attached hydrogens (tertiary/aromatic N) is 1. The van der Waals surface area contributed by atoms with Crippen LogP contribution in [0.2, 0.25) is 0 Å². The van der Waals surface area contributed by atoms with Gasteiger partial charge in [0.1, 0.15) is 5.75 Å². The summed E-state index contributed by atoms with van der Waals surface area (Å²) in [7, 11) is 0. The smallest absolute Gasteiger partial charge is 0.335 e. The normalized spacial score (nSPS) is 16.2. The molecule has 19 heavy (non-hydrogen) atoms. The van der Waals surface area contributed by atoms with Gasteiger partial charge in [-0.15, -0.1) is 0 Å². The highest BCUT2D eigenvalue weighted by Gasteiger charge is 2.24. The summed E-state index contributed by atoms with van der Waals surface area (Å²) in [5.74, 6) is -0.651. The highest BCUT2D eigenvalue weighted by Crippen LogP contribution is 2.17. The van der Waals surface area contributed by atoms with Crippen LogP contribution in [0.3, 0.4) is 0 Å². The number of carbonyl (C=O) groups excluding carboxylic acids is 1. The lowest BCUT2D eigenvalue weighted by Crippen LogP contribution is -2.38. The number of benzene rings is 1. The maximum absolute atomic E-state index is 12.1. The zero-order valence-electron chi connectivity index (χ0n) is 10.8. The zero-order valence-corrected chi connectivity index (χ0v) is 10.8. The van der Waals surface area contributed by atoms with E-state index >= 15 is 0 Å². The number of amides is 1. The van der Waals surface area contributed by atoms with E-state index in [0.717, 1.165) is 25.9 Å². The van der Waals surface area contributed by atoms with Crippen molar-refractivity contribution in [3.05, 3.63) is 29.8 Å². The quantitative estimate of drug-likeness (QED) is 0.899. The van der Waals surface area contributed by atoms with Crippen LogP contribution in [0, 0.1) is 0 Å². The monoisotopic (exact) mass is 263 g/mol. The van der Waals surface area contributed by atoms with Gasteiger partial charge >= 0.3 is 5.97 Å². The van der Waals surface area contributed by atoms with Crippen LogP contribution in [-0.4, -0.2) is 41.1 Å². The number of ether oxygens (including phenoxy) is 1. The molecule has 0 spiro atoms. The summed E-state index contributed by atoms with van der Waals surface area (Å²) >= 11 is 0. The molecule has 1 N–H and O–H groups in total. The standard InChI is InChI=1S/C14H17NO4/c1-10(13(16)15-7-2-3-8-15)19-12-6-4-5-11(9-12)14(17)18/h4-6,9-10H,2-3,7-8H2,1H3,(H,17,18). The second-order valence-electron chi connectivity index (χ2n) is 4.63. The van der Waals surface area contributed by atoms with Crippen LogP contribution in [-0.2, 0) is 4.79 Å². The first-order chi connectivity index (χ1) is 9.08. The molecule has 1 atom stereocenters. The van der Waals surface area contributed by atoms with Crippen LogP contribution >= 0.6 is 0 Å². The Morgan fingerprint density at radius 3 is 2.63 bits per heavy atom. The Hall–Kier alpha value is -2.04. The van der Waals surface area contributed by atoms with Gasteiger partial charge in [0.15, 0.2) is 6.10 Å². The van der Waals surface area contributed by atoms with Gasteiger partial charge in [-0.3, -0.25) is 4.79 Å². The SMILES string of the molecule is CC(Oc1cccc(C(=O)O)c1)C(=O)N1CCCC1. The molecule has 1 aliphatic heterocycles. The number of likely N-dealkylation sites (tertiary alicyclic amines) is 1. The molecule has 102 valence electrons. The van der Waals surface area contributed by atoms with Crippen LogP contribution in [0.15, 0.2) is 24.3 Å². The zero-order chi connectivity index (χ0) is 13.8. The summed E-state index contributed by atoms with van der Waals surface area (Å²) in [6.45, 7) is 3.25. The van der Waals surface area contributed by atoms with Crippen LogP contribution < -0.4 is 4.74 Å². The van der Waals surface area contributed by atoms with Crippen molar-refractivity contribution in [1.82, 2.24) is 4.90 Å². The number of hydrogen-bond donors (Lipinski definition) is 1. The lowest BCUT2D eigenvalue weighted by molar-refractivity contribution is -0.136. The topological polar surface area (TPSA) is 66.8 Å². The third kappa shape index (κ3) is 3.24. The molecule has 1 unspecified atom stereocenters. The number of rotatable bonds is 4. The lowest BCUT2D eigenvalue weighted by atomic mass is 10.2. The van der Waals surface area contributed by atoms with E-state index in [9.17, 15) is 9.59 Å². The van der Waals surface area contributed by atoms with Gasteiger partial charge in [0.05, 0.1) is 5.56 Å². The lowest BCUT2D eigenvalue weighted by Gasteiger charge is -2.21. The molecule has 2 rings (SSSR count). The van der Waals surface area contributed by atoms with Crippen LogP contribution in [0.4, 0.5) is 0 Å². The average molecular weight is 263 g/mol. The Labute approximate surface area is 111 Å². The predicted octanol–water partition coefficient (Wildman–Crippen LogP) is 1.77. The molecule has 0 radical (unpaired) electrons. The number of carboxylic acid groups (broad SMARTS) is 1. The third-order valence-corrected chi connectivity index (χ3v) is 3.16. The van der Waals surface area contributed by atoms with E-state index < -0.39 is 12.1 Å². The average Bonchev–Trinajstić information content (AvgIpc) is 2.92. The third-order valence-electron chi connectivity index (χ3n) is 3.16. The fourth-order valence-electron chi connectivity index (χ4n) is 2.15. The second kappa shape index (κ2) is 5.73. The summed E-state index contributed by atoms with van der Waals surface area (Å²) in [5, 5.41) is 8.89. The van der Waals surface area contributed by atoms with Crippen molar-refractivity contribution in [3.63, 3.8) is 0 Å². The molecular weight excluding hydrogens is 246 g/mol. The minimum Gasteiger partial charge on any atom is -0.481 e. The molecule has 5 nitrogen and oxygen atoms in total. The van der Waals surface area contributed by atoms with E-state index in [0.29, 0.717) is 5.75 Å². The largest absolute Gasteiger partial charge is 0.481 e. The Morgan fingerprint density at radius 1 is 1.32 bits per heavy atom. The van der Waals surface area contributed by atoms with Crippen molar-refractivity contribution in [3.8, 4) is 5.75 Å². The van der Waals surface area contributed by atoms with Crippen molar-refractivity contribution in [2.75, 3.05) is 13.1 Å². The minimum absolute atomic E-state index is 0.0433. The van der Waals surface area contributed by atoms with Gasteiger partial charge in [0.25, 0.3) is 5.91 Å². The summed E-state index contributed by atoms with van der Waals surface area (Å²) in [5.41, 5.74) is 0.151. The van der Waals surface area contributed by atoms with Crippen molar-refractivity contribution in [2.24, 2.45) is 0 Å². The van der Waals surface area contributed by atoms with Crippen LogP contribution in [0.5, 0.6) is 5.75 Å². The highest BCUT2D eigenvalue weighted by molar-refractivity contribution is 5.88. The molecule has 1 amide bonds. The van der Waals surface area contributed by atoms with Gasteiger partial charge in [0, 0.05) is 13.1 Å². The van der Waals surface area contributed by atoms with E-state index in [1.165, 1.54) is 12.1 Å². The number of carboxylic acids is 1. The molecule has 1 saturated heterocycles. The predicted molar refractivity (Wildman–Crippen MR) is 69.3 cm³/mol. The van der Waals surface area contributed by atoms with Gasteiger partial charge in [-0.05, 0) is 38.0 Å². The van der Waals surface area contributed by atoms with E-state index in [1.54, 1.807) is 24.0 Å². The minimum atomic E-state index is -1.01. The fourth-order valence-corrected chi connectivity index (χ4v) is 2.15. The molecule has 1 aliphatic rings. The van der Waals surface area contributed by atoms with Gasteiger partial charge in [-0.2, -0.15) is 0 Å². The van der Waals surface area contributed by atoms with Crippen molar-refractivity contribution in [2.45, 2.75) is 25.9 Å². The summed E-state index contributed by atoms with van der Waals surface area (Å²) in [6, 6.07) is 6.17. The van der Waals surface area contributed by atoms with E-state index in [1.807, 2.05) is 0 Å². The number of carbonyl (C=O) groups is 2. The Bertz CT molecular complexity index is 480. The molecule has 5 heteroatoms. The van der Waals surface area contributed by atoms with Crippen LogP contribution in [0.1, 0.15) is 30.1 Å². The summed E-state index contributed by atoms with van der Waals surface area (Å²) in [4.78, 5) is 24.7. The van der Waals surface area contributed by atoms with Crippen molar-refractivity contribution in [1.29, 1.82) is 0 Å². The molecular formula is C14H17NO4. The summed E-state index contributed by atoms with van der Waals surface area (Å²) in [6.07, 6.45) is 1.47. The Morgan fingerprint density at radius 2 is 2.00 bits per heavy atom. The molecule has 1 heterocycles. The molecule has 0 aromatic heterocycles. The Kier molecular flexibility index (Phi) is 4.04. The van der Waals surface area contributed by atoms with Crippen molar-refractivity contribution < 1.29 is 19.4 Å². The first-order valence-electron chi connectivity index (χ1n) is 6.37. The van der Waals surface area contributed by atoms with Gasteiger partial charge in [0.2, 0.25) is 0 Å². The molecule has 1 fully saturated rings. The highest BCUT2D eigenvalue weighted by atomic mass is 16.5. The van der Waals surface area contributed by atoms with E-state index in [4.69, 9.17) is 9.84 Å². The molecule has 1 aromatic rings. The van der Waals surface area contributed by atoms with E-state index in [2.05, 4.69) is 0 Å². The van der Waals surface area contributed by atoms with Crippen LogP contribution in [0.25, 0.3) is 0 Å².